The van der Waals surface area contributed by atoms with Crippen LogP contribution >= 0.6 is 0 Å². The molecule has 0 radical (unpaired) electrons. The van der Waals surface area contributed by atoms with E-state index in [0.29, 0.717) is 41.4 Å². The van der Waals surface area contributed by atoms with Gasteiger partial charge in [0, 0.05) is 11.1 Å². The molecule has 0 aliphatic carbocycles. The van der Waals surface area contributed by atoms with Crippen LogP contribution in [0.4, 0.5) is 0 Å². The number of nitrogen functional groups attached to an aromatic ring is 1. The van der Waals surface area contributed by atoms with E-state index in [9.17, 15) is 8.42 Å². The molecule has 0 spiro atoms. The Hall–Kier alpha value is -3.44. The van der Waals surface area contributed by atoms with Gasteiger partial charge in [0.15, 0.2) is 12.2 Å². The smallest absolute Gasteiger partial charge is 0.238 e. The Morgan fingerprint density at radius 3 is 2.11 bits per heavy atom. The SMILES string of the molecule is N=C(N)c1ccc(O[C@H]2CO[C@H]3[C@@H]2OC[C@H]3Oc2cccc(-c3ccccc3S(N)(=O)=O)c2)cc1. The van der Waals surface area contributed by atoms with Crippen molar-refractivity contribution in [3.8, 4) is 22.6 Å². The first-order chi connectivity index (χ1) is 16.8. The fourth-order valence-corrected chi connectivity index (χ4v) is 5.14. The molecule has 0 amide bonds. The molecular weight excluding hydrogens is 470 g/mol. The Morgan fingerprint density at radius 2 is 1.49 bits per heavy atom. The Balaban J connectivity index is 1.28. The van der Waals surface area contributed by atoms with Crippen molar-refractivity contribution in [2.24, 2.45) is 10.9 Å². The number of amidine groups is 1. The first-order valence-corrected chi connectivity index (χ1v) is 12.6. The van der Waals surface area contributed by atoms with Gasteiger partial charge in [0.25, 0.3) is 0 Å². The van der Waals surface area contributed by atoms with Crippen molar-refractivity contribution < 1.29 is 27.4 Å². The van der Waals surface area contributed by atoms with Crippen LogP contribution in [0.1, 0.15) is 5.56 Å². The highest BCUT2D eigenvalue weighted by Gasteiger charge is 2.50. The lowest BCUT2D eigenvalue weighted by atomic mass is 10.1. The molecule has 182 valence electrons. The second-order valence-electron chi connectivity index (χ2n) is 8.42. The number of ether oxygens (including phenoxy) is 4. The Kier molecular flexibility index (Phi) is 6.20. The average molecular weight is 496 g/mol. The van der Waals surface area contributed by atoms with Crippen LogP contribution in [-0.4, -0.2) is 51.9 Å². The third-order valence-corrected chi connectivity index (χ3v) is 7.01. The van der Waals surface area contributed by atoms with Gasteiger partial charge in [-0.1, -0.05) is 30.3 Å². The lowest BCUT2D eigenvalue weighted by Crippen LogP contribution is -2.36. The molecule has 5 N–H and O–H groups in total. The van der Waals surface area contributed by atoms with Crippen LogP contribution in [0.3, 0.4) is 0 Å². The lowest BCUT2D eigenvalue weighted by Gasteiger charge is -2.19. The summed E-state index contributed by atoms with van der Waals surface area (Å²) in [6.07, 6.45) is -1.25. The van der Waals surface area contributed by atoms with E-state index < -0.39 is 10.0 Å². The van der Waals surface area contributed by atoms with E-state index in [1.807, 2.05) is 0 Å². The van der Waals surface area contributed by atoms with E-state index in [1.54, 1.807) is 66.7 Å². The molecule has 2 saturated heterocycles. The summed E-state index contributed by atoms with van der Waals surface area (Å²) in [6.45, 7) is 0.682. The molecule has 0 unspecified atom stereocenters. The van der Waals surface area contributed by atoms with Crippen molar-refractivity contribution in [2.75, 3.05) is 13.2 Å². The van der Waals surface area contributed by atoms with E-state index in [0.717, 1.165) is 0 Å². The Morgan fingerprint density at radius 1 is 0.857 bits per heavy atom. The molecule has 2 fully saturated rings. The van der Waals surface area contributed by atoms with Gasteiger partial charge in [-0.15, -0.1) is 0 Å². The zero-order valence-corrected chi connectivity index (χ0v) is 19.5. The minimum Gasteiger partial charge on any atom is -0.485 e. The topological polar surface area (TPSA) is 147 Å². The fraction of sp³-hybridized carbons (Fsp3) is 0.240. The Bertz CT molecular complexity index is 1350. The highest BCUT2D eigenvalue weighted by atomic mass is 32.2. The van der Waals surface area contributed by atoms with Crippen LogP contribution in [0, 0.1) is 5.41 Å². The summed E-state index contributed by atoms with van der Waals surface area (Å²) < 4.78 is 48.2. The van der Waals surface area contributed by atoms with E-state index in [-0.39, 0.29) is 35.1 Å². The van der Waals surface area contributed by atoms with Crippen LogP contribution < -0.4 is 20.3 Å². The van der Waals surface area contributed by atoms with Gasteiger partial charge in [0.2, 0.25) is 10.0 Å². The Labute approximate surface area is 203 Å². The molecule has 0 bridgehead atoms. The molecule has 0 saturated carbocycles. The normalized spacial score (nSPS) is 23.6. The molecule has 3 aromatic rings. The van der Waals surface area contributed by atoms with Gasteiger partial charge >= 0.3 is 0 Å². The van der Waals surface area contributed by atoms with Crippen molar-refractivity contribution in [1.29, 1.82) is 5.41 Å². The molecule has 35 heavy (non-hydrogen) atoms. The summed E-state index contributed by atoms with van der Waals surface area (Å²) in [5, 5.41) is 12.9. The predicted molar refractivity (Wildman–Crippen MR) is 129 cm³/mol. The molecule has 4 atom stereocenters. The molecule has 9 nitrogen and oxygen atoms in total. The standard InChI is InChI=1S/C25H25N3O6S/c26-25(27)15-8-10-17(11-9-15)33-20-13-31-24-21(14-32-23(20)24)34-18-5-3-4-16(12-18)19-6-1-2-7-22(19)35(28,29)30/h1-12,20-21,23-24H,13-14H2,(H3,26,27)(H2,28,29,30)/t20-,21+,23+,24+/m0/s1. The van der Waals surface area contributed by atoms with Crippen LogP contribution in [0.15, 0.2) is 77.7 Å². The molecule has 2 heterocycles. The van der Waals surface area contributed by atoms with E-state index in [1.165, 1.54) is 6.07 Å². The highest BCUT2D eigenvalue weighted by molar-refractivity contribution is 7.89. The first-order valence-electron chi connectivity index (χ1n) is 11.0. The van der Waals surface area contributed by atoms with Crippen molar-refractivity contribution >= 4 is 15.9 Å². The maximum atomic E-state index is 12.0. The highest BCUT2D eigenvalue weighted by Crippen LogP contribution is 2.34. The van der Waals surface area contributed by atoms with Gasteiger partial charge in [-0.25, -0.2) is 13.6 Å². The van der Waals surface area contributed by atoms with Gasteiger partial charge in [-0.05, 0) is 48.0 Å². The van der Waals surface area contributed by atoms with E-state index in [4.69, 9.17) is 35.2 Å². The number of primary sulfonamides is 1. The fourth-order valence-electron chi connectivity index (χ4n) is 4.38. The molecule has 2 aliphatic rings. The summed E-state index contributed by atoms with van der Waals surface area (Å²) in [5.74, 6) is 1.20. The average Bonchev–Trinajstić information content (AvgIpc) is 3.42. The quantitative estimate of drug-likeness (QED) is 0.336. The molecule has 2 aliphatic heterocycles. The largest absolute Gasteiger partial charge is 0.485 e. The number of benzene rings is 3. The number of sulfonamides is 1. The zero-order valence-electron chi connectivity index (χ0n) is 18.7. The summed E-state index contributed by atoms with van der Waals surface area (Å²) in [7, 11) is -3.88. The molecule has 3 aromatic carbocycles. The molecule has 10 heteroatoms. The van der Waals surface area contributed by atoms with E-state index in [2.05, 4.69) is 0 Å². The second kappa shape index (κ2) is 9.31. The summed E-state index contributed by atoms with van der Waals surface area (Å²) in [4.78, 5) is 0.0527. The van der Waals surface area contributed by atoms with Crippen molar-refractivity contribution in [3.63, 3.8) is 0 Å². The zero-order chi connectivity index (χ0) is 24.6. The van der Waals surface area contributed by atoms with Crippen LogP contribution in [0.2, 0.25) is 0 Å². The summed E-state index contributed by atoms with van der Waals surface area (Å²) >= 11 is 0. The number of hydrogen-bond donors (Lipinski definition) is 3. The number of rotatable bonds is 7. The second-order valence-corrected chi connectivity index (χ2v) is 9.95. The first kappa shape index (κ1) is 23.3. The lowest BCUT2D eigenvalue weighted by molar-refractivity contribution is 0.0181. The van der Waals surface area contributed by atoms with Crippen LogP contribution in [-0.2, 0) is 19.5 Å². The van der Waals surface area contributed by atoms with Gasteiger partial charge in [-0.2, -0.15) is 0 Å². The van der Waals surface area contributed by atoms with Crippen LogP contribution in [0.25, 0.3) is 11.1 Å². The maximum absolute atomic E-state index is 12.0. The van der Waals surface area contributed by atoms with Gasteiger partial charge in [-0.3, -0.25) is 5.41 Å². The van der Waals surface area contributed by atoms with Crippen LogP contribution in [0.5, 0.6) is 11.5 Å². The van der Waals surface area contributed by atoms with Crippen molar-refractivity contribution in [1.82, 2.24) is 0 Å². The minimum absolute atomic E-state index is 0.00265. The van der Waals surface area contributed by atoms with Gasteiger partial charge in [0.05, 0.1) is 18.1 Å². The van der Waals surface area contributed by atoms with Gasteiger partial charge < -0.3 is 24.7 Å². The number of hydrogen-bond acceptors (Lipinski definition) is 7. The third-order valence-electron chi connectivity index (χ3n) is 6.04. The molecular formula is C25H25N3O6S. The van der Waals surface area contributed by atoms with Crippen molar-refractivity contribution in [2.45, 2.75) is 29.3 Å². The summed E-state index contributed by atoms with van der Waals surface area (Å²) in [6, 6.07) is 20.7. The minimum atomic E-state index is -3.88. The number of fused-ring (bicyclic) bond motifs is 1. The van der Waals surface area contributed by atoms with E-state index >= 15 is 0 Å². The third kappa shape index (κ3) is 4.87. The maximum Gasteiger partial charge on any atom is 0.238 e. The number of nitrogens with two attached hydrogens (primary N) is 2. The molecule has 0 aromatic heterocycles. The predicted octanol–water partition coefficient (Wildman–Crippen LogP) is 2.28. The van der Waals surface area contributed by atoms with Crippen molar-refractivity contribution in [3.05, 3.63) is 78.4 Å². The summed E-state index contributed by atoms with van der Waals surface area (Å²) in [5.41, 5.74) is 7.30. The van der Waals surface area contributed by atoms with Gasteiger partial charge in [0.1, 0.15) is 29.5 Å². The monoisotopic (exact) mass is 495 g/mol. The number of nitrogens with one attached hydrogen (secondary N) is 1. The molecule has 5 rings (SSSR count).